The van der Waals surface area contributed by atoms with Crippen molar-refractivity contribution < 1.29 is 9.59 Å². The van der Waals surface area contributed by atoms with E-state index in [9.17, 15) is 9.59 Å². The molecule has 1 aliphatic rings. The standard InChI is InChI=1S/C30H26N2O2/c1-4-21-13-16-24(17-14-21)31-28-27(23-15-12-19(2)20(3)18-23)29(33)32(30(28)34)26-11-7-9-22-8-5-6-10-25(22)26/h5-18,31H,4H2,1-3H3. The summed E-state index contributed by atoms with van der Waals surface area (Å²) in [4.78, 5) is 29.0. The molecule has 5 rings (SSSR count). The predicted octanol–water partition coefficient (Wildman–Crippen LogP) is 6.42. The third-order valence-corrected chi connectivity index (χ3v) is 6.52. The molecule has 4 aromatic carbocycles. The van der Waals surface area contributed by atoms with Crippen molar-refractivity contribution in [2.24, 2.45) is 0 Å². The van der Waals surface area contributed by atoms with Gasteiger partial charge >= 0.3 is 0 Å². The van der Waals surface area contributed by atoms with Gasteiger partial charge in [-0.25, -0.2) is 4.90 Å². The Labute approximate surface area is 199 Å². The van der Waals surface area contributed by atoms with Gasteiger partial charge in [0.1, 0.15) is 5.70 Å². The van der Waals surface area contributed by atoms with Gasteiger partial charge in [0.15, 0.2) is 0 Å². The minimum Gasteiger partial charge on any atom is -0.350 e. The second kappa shape index (κ2) is 8.64. The first-order chi connectivity index (χ1) is 16.5. The number of nitrogens with one attached hydrogen (secondary N) is 1. The van der Waals surface area contributed by atoms with Crippen molar-refractivity contribution in [1.82, 2.24) is 0 Å². The van der Waals surface area contributed by atoms with Gasteiger partial charge in [-0.1, -0.05) is 73.7 Å². The molecule has 4 heteroatoms. The molecule has 168 valence electrons. The van der Waals surface area contributed by atoms with Crippen molar-refractivity contribution in [3.8, 4) is 0 Å². The van der Waals surface area contributed by atoms with Crippen molar-refractivity contribution in [3.05, 3.63) is 113 Å². The quantitative estimate of drug-likeness (QED) is 0.360. The number of benzene rings is 4. The molecule has 4 nitrogen and oxygen atoms in total. The van der Waals surface area contributed by atoms with Gasteiger partial charge < -0.3 is 5.32 Å². The van der Waals surface area contributed by atoms with Gasteiger partial charge in [0, 0.05) is 11.1 Å². The maximum atomic E-state index is 13.9. The van der Waals surface area contributed by atoms with Crippen LogP contribution in [-0.2, 0) is 16.0 Å². The van der Waals surface area contributed by atoms with Crippen molar-refractivity contribution in [2.45, 2.75) is 27.2 Å². The number of anilines is 2. The molecule has 0 saturated heterocycles. The second-order valence-electron chi connectivity index (χ2n) is 8.67. The Kier molecular flexibility index (Phi) is 5.50. The molecule has 0 saturated carbocycles. The number of aryl methyl sites for hydroxylation is 3. The maximum absolute atomic E-state index is 13.9. The minimum absolute atomic E-state index is 0.297. The Morgan fingerprint density at radius 2 is 1.50 bits per heavy atom. The van der Waals surface area contributed by atoms with Crippen LogP contribution in [0.5, 0.6) is 0 Å². The van der Waals surface area contributed by atoms with E-state index in [0.717, 1.165) is 39.6 Å². The van der Waals surface area contributed by atoms with E-state index in [-0.39, 0.29) is 11.8 Å². The van der Waals surface area contributed by atoms with Gasteiger partial charge in [-0.3, -0.25) is 9.59 Å². The topological polar surface area (TPSA) is 49.4 Å². The number of carbonyl (C=O) groups excluding carboxylic acids is 2. The lowest BCUT2D eigenvalue weighted by Crippen LogP contribution is -2.32. The first kappa shape index (κ1) is 21.7. The summed E-state index contributed by atoms with van der Waals surface area (Å²) in [6, 6.07) is 27.3. The Bertz CT molecular complexity index is 1460. The summed E-state index contributed by atoms with van der Waals surface area (Å²) in [5.74, 6) is -0.675. The molecule has 0 spiro atoms. The van der Waals surface area contributed by atoms with Crippen LogP contribution in [0, 0.1) is 13.8 Å². The number of imide groups is 1. The van der Waals surface area contributed by atoms with Crippen LogP contribution in [0.2, 0.25) is 0 Å². The van der Waals surface area contributed by atoms with E-state index in [2.05, 4.69) is 12.2 Å². The van der Waals surface area contributed by atoms with Crippen molar-refractivity contribution in [3.63, 3.8) is 0 Å². The summed E-state index contributed by atoms with van der Waals surface area (Å²) < 4.78 is 0. The zero-order valence-electron chi connectivity index (χ0n) is 19.6. The highest BCUT2D eigenvalue weighted by molar-refractivity contribution is 6.47. The highest BCUT2D eigenvalue weighted by Crippen LogP contribution is 2.37. The third-order valence-electron chi connectivity index (χ3n) is 6.52. The predicted molar refractivity (Wildman–Crippen MR) is 139 cm³/mol. The number of amides is 2. The molecule has 1 heterocycles. The summed E-state index contributed by atoms with van der Waals surface area (Å²) in [7, 11) is 0. The maximum Gasteiger partial charge on any atom is 0.282 e. The number of nitrogens with zero attached hydrogens (tertiary/aromatic N) is 1. The lowest BCUT2D eigenvalue weighted by Gasteiger charge is -2.18. The molecule has 0 atom stereocenters. The fourth-order valence-corrected chi connectivity index (χ4v) is 4.40. The number of hydrogen-bond acceptors (Lipinski definition) is 3. The van der Waals surface area contributed by atoms with Crippen LogP contribution in [0.15, 0.2) is 90.6 Å². The average molecular weight is 447 g/mol. The van der Waals surface area contributed by atoms with Crippen LogP contribution in [0.4, 0.5) is 11.4 Å². The van der Waals surface area contributed by atoms with E-state index in [0.29, 0.717) is 17.0 Å². The fraction of sp³-hybridized carbons (Fsp3) is 0.133. The van der Waals surface area contributed by atoms with Crippen LogP contribution in [0.1, 0.15) is 29.2 Å². The van der Waals surface area contributed by atoms with E-state index in [1.54, 1.807) is 0 Å². The minimum atomic E-state index is -0.353. The van der Waals surface area contributed by atoms with E-state index >= 15 is 0 Å². The van der Waals surface area contributed by atoms with Crippen LogP contribution in [-0.4, -0.2) is 11.8 Å². The van der Waals surface area contributed by atoms with E-state index < -0.39 is 0 Å². The average Bonchev–Trinajstić information content (AvgIpc) is 3.10. The van der Waals surface area contributed by atoms with E-state index in [1.807, 2.05) is 98.8 Å². The van der Waals surface area contributed by atoms with Crippen LogP contribution in [0.25, 0.3) is 16.3 Å². The smallest absolute Gasteiger partial charge is 0.282 e. The Morgan fingerprint density at radius 3 is 2.24 bits per heavy atom. The van der Waals surface area contributed by atoms with Crippen molar-refractivity contribution >= 4 is 39.5 Å². The molecule has 0 bridgehead atoms. The number of fused-ring (bicyclic) bond motifs is 1. The van der Waals surface area contributed by atoms with Gasteiger partial charge in [-0.2, -0.15) is 0 Å². The van der Waals surface area contributed by atoms with Crippen molar-refractivity contribution in [1.29, 1.82) is 0 Å². The first-order valence-corrected chi connectivity index (χ1v) is 11.5. The SMILES string of the molecule is CCc1ccc(NC2=C(c3ccc(C)c(C)c3)C(=O)N(c3cccc4ccccc34)C2=O)cc1. The largest absolute Gasteiger partial charge is 0.350 e. The molecular weight excluding hydrogens is 420 g/mol. The molecule has 2 amide bonds. The molecule has 0 aliphatic carbocycles. The summed E-state index contributed by atoms with van der Waals surface area (Å²) in [5, 5.41) is 5.11. The highest BCUT2D eigenvalue weighted by atomic mass is 16.2. The normalized spacial score (nSPS) is 13.8. The number of hydrogen-bond donors (Lipinski definition) is 1. The molecule has 0 unspecified atom stereocenters. The molecule has 1 N–H and O–H groups in total. The second-order valence-corrected chi connectivity index (χ2v) is 8.67. The molecule has 4 aromatic rings. The number of rotatable bonds is 5. The van der Waals surface area contributed by atoms with E-state index in [1.165, 1.54) is 10.5 Å². The third kappa shape index (κ3) is 3.67. The summed E-state index contributed by atoms with van der Waals surface area (Å²) >= 11 is 0. The van der Waals surface area contributed by atoms with Gasteiger partial charge in [0.2, 0.25) is 0 Å². The van der Waals surface area contributed by atoms with Gasteiger partial charge in [-0.05, 0) is 66.1 Å². The Hall–Kier alpha value is -4.18. The molecule has 0 radical (unpaired) electrons. The van der Waals surface area contributed by atoms with Gasteiger partial charge in [0.25, 0.3) is 11.8 Å². The zero-order valence-corrected chi connectivity index (χ0v) is 19.6. The molecule has 0 fully saturated rings. The molecule has 0 aromatic heterocycles. The first-order valence-electron chi connectivity index (χ1n) is 11.5. The Balaban J connectivity index is 1.65. The van der Waals surface area contributed by atoms with Crippen molar-refractivity contribution in [2.75, 3.05) is 10.2 Å². The lowest BCUT2D eigenvalue weighted by atomic mass is 9.99. The summed E-state index contributed by atoms with van der Waals surface area (Å²) in [6.07, 6.45) is 0.934. The summed E-state index contributed by atoms with van der Waals surface area (Å²) in [5.41, 5.74) is 6.20. The molecular formula is C30H26N2O2. The zero-order chi connectivity index (χ0) is 23.8. The fourth-order valence-electron chi connectivity index (χ4n) is 4.40. The van der Waals surface area contributed by atoms with Gasteiger partial charge in [0.05, 0.1) is 11.3 Å². The van der Waals surface area contributed by atoms with Crippen LogP contribution < -0.4 is 10.2 Å². The lowest BCUT2D eigenvalue weighted by molar-refractivity contribution is -0.120. The van der Waals surface area contributed by atoms with E-state index in [4.69, 9.17) is 0 Å². The monoisotopic (exact) mass is 446 g/mol. The Morgan fingerprint density at radius 1 is 0.765 bits per heavy atom. The number of carbonyl (C=O) groups is 2. The molecule has 34 heavy (non-hydrogen) atoms. The summed E-state index contributed by atoms with van der Waals surface area (Å²) in [6.45, 7) is 6.15. The molecule has 1 aliphatic heterocycles. The van der Waals surface area contributed by atoms with Crippen LogP contribution >= 0.6 is 0 Å². The van der Waals surface area contributed by atoms with Crippen LogP contribution in [0.3, 0.4) is 0 Å². The van der Waals surface area contributed by atoms with Gasteiger partial charge in [-0.15, -0.1) is 0 Å². The highest BCUT2D eigenvalue weighted by Gasteiger charge is 2.41.